The van der Waals surface area contributed by atoms with Crippen LogP contribution in [0.25, 0.3) is 5.69 Å². The van der Waals surface area contributed by atoms with Crippen LogP contribution < -0.4 is 0 Å². The third-order valence-electron chi connectivity index (χ3n) is 5.86. The third-order valence-corrected chi connectivity index (χ3v) is 7.29. The number of sulfone groups is 1. The highest BCUT2D eigenvalue weighted by Gasteiger charge is 2.27. The van der Waals surface area contributed by atoms with Gasteiger partial charge in [0.05, 0.1) is 17.6 Å². The maximum atomic E-state index is 14.1. The van der Waals surface area contributed by atoms with E-state index in [0.29, 0.717) is 12.1 Å². The molecule has 38 heavy (non-hydrogen) atoms. The van der Waals surface area contributed by atoms with Gasteiger partial charge in [-0.2, -0.15) is 5.10 Å². The number of benzene rings is 2. The van der Waals surface area contributed by atoms with Crippen molar-refractivity contribution in [3.8, 4) is 5.69 Å². The number of nitrogens with zero attached hydrogens (tertiary/aromatic N) is 5. The van der Waals surface area contributed by atoms with Crippen LogP contribution in [0.3, 0.4) is 0 Å². The lowest BCUT2D eigenvalue weighted by atomic mass is 10.2. The molecule has 0 bridgehead atoms. The first-order valence-corrected chi connectivity index (χ1v) is 13.1. The number of carbonyl (C=O) groups is 1. The van der Waals surface area contributed by atoms with Gasteiger partial charge in [0.2, 0.25) is 0 Å². The van der Waals surface area contributed by atoms with Crippen molar-refractivity contribution in [2.24, 2.45) is 7.05 Å². The molecule has 0 spiro atoms. The van der Waals surface area contributed by atoms with Gasteiger partial charge in [-0.3, -0.25) is 14.0 Å². The summed E-state index contributed by atoms with van der Waals surface area (Å²) < 4.78 is 84.2. The van der Waals surface area contributed by atoms with Gasteiger partial charge in [0.25, 0.3) is 5.91 Å². The van der Waals surface area contributed by atoms with E-state index in [2.05, 4.69) is 10.1 Å². The largest absolute Gasteiger partial charge is 0.336 e. The zero-order chi connectivity index (χ0) is 27.8. The number of hydrogen-bond donors (Lipinski definition) is 0. The Labute approximate surface area is 216 Å². The van der Waals surface area contributed by atoms with Crippen molar-refractivity contribution in [2.75, 3.05) is 7.05 Å². The van der Waals surface area contributed by atoms with Crippen LogP contribution in [-0.4, -0.2) is 45.6 Å². The van der Waals surface area contributed by atoms with Crippen molar-refractivity contribution in [2.45, 2.75) is 25.0 Å². The molecule has 0 saturated heterocycles. The predicted molar refractivity (Wildman–Crippen MR) is 130 cm³/mol. The summed E-state index contributed by atoms with van der Waals surface area (Å²) in [7, 11) is -1.02. The van der Waals surface area contributed by atoms with E-state index in [4.69, 9.17) is 0 Å². The minimum Gasteiger partial charge on any atom is -0.336 e. The Hall–Kier alpha value is -4.00. The molecule has 2 aromatic carbocycles. The van der Waals surface area contributed by atoms with Crippen LogP contribution in [0.1, 0.15) is 33.1 Å². The van der Waals surface area contributed by atoms with E-state index in [9.17, 15) is 30.8 Å². The molecule has 13 heteroatoms. The monoisotopic (exact) mass is 549 g/mol. The van der Waals surface area contributed by atoms with Crippen molar-refractivity contribution in [1.82, 2.24) is 24.2 Å². The topological polar surface area (TPSA) is 90.1 Å². The second-order valence-electron chi connectivity index (χ2n) is 8.80. The van der Waals surface area contributed by atoms with E-state index in [-0.39, 0.29) is 23.8 Å². The van der Waals surface area contributed by atoms with E-state index in [0.717, 1.165) is 23.4 Å². The van der Waals surface area contributed by atoms with Gasteiger partial charge in [0, 0.05) is 43.7 Å². The number of aromatic nitrogens is 4. The number of aryl methyl sites for hydroxylation is 2. The van der Waals surface area contributed by atoms with Gasteiger partial charge in [-0.05, 0) is 43.3 Å². The number of carbonyl (C=O) groups excluding carboxylic acids is 1. The fraction of sp³-hybridized carbons (Fsp3) is 0.240. The van der Waals surface area contributed by atoms with Crippen LogP contribution in [0.5, 0.6) is 0 Å². The molecule has 0 unspecified atom stereocenters. The van der Waals surface area contributed by atoms with Crippen LogP contribution >= 0.6 is 0 Å². The fourth-order valence-corrected chi connectivity index (χ4v) is 5.42. The SMILES string of the molecule is Cc1nn(C)cc1CN(C)C(=O)c1cnc(CS(=O)(=O)Cc2c(F)ccc(F)c2F)n1-c1ccc(F)cc1. The summed E-state index contributed by atoms with van der Waals surface area (Å²) in [5.41, 5.74) is 0.800. The highest BCUT2D eigenvalue weighted by atomic mass is 32.2. The lowest BCUT2D eigenvalue weighted by molar-refractivity contribution is 0.0776. The Morgan fingerprint density at radius 3 is 2.29 bits per heavy atom. The minimum absolute atomic E-state index is 0.0195. The first-order chi connectivity index (χ1) is 17.9. The number of imidazole rings is 1. The van der Waals surface area contributed by atoms with E-state index in [1.54, 1.807) is 31.9 Å². The van der Waals surface area contributed by atoms with Crippen LogP contribution in [0.2, 0.25) is 0 Å². The standard InChI is InChI=1S/C25H23F4N5O3S/c1-15-16(12-33(3)31-15)11-32(2)25(35)22-10-30-23(34(22)18-6-4-17(26)5-7-18)14-38(36,37)13-19-20(27)8-9-21(28)24(19)29/h4-10,12H,11,13-14H2,1-3H3. The van der Waals surface area contributed by atoms with Crippen molar-refractivity contribution in [3.05, 3.63) is 100 Å². The quantitative estimate of drug-likeness (QED) is 0.246. The van der Waals surface area contributed by atoms with E-state index < -0.39 is 56.1 Å². The zero-order valence-corrected chi connectivity index (χ0v) is 21.4. The molecular weight excluding hydrogens is 526 g/mol. The molecule has 1 amide bonds. The second kappa shape index (κ2) is 10.4. The Morgan fingerprint density at radius 2 is 1.66 bits per heavy atom. The van der Waals surface area contributed by atoms with Crippen molar-refractivity contribution < 1.29 is 30.8 Å². The average molecular weight is 550 g/mol. The van der Waals surface area contributed by atoms with Gasteiger partial charge in [-0.25, -0.2) is 31.0 Å². The van der Waals surface area contributed by atoms with Crippen LogP contribution in [-0.2, 0) is 34.9 Å². The smallest absolute Gasteiger partial charge is 0.272 e. The Morgan fingerprint density at radius 1 is 1.00 bits per heavy atom. The highest BCUT2D eigenvalue weighted by Crippen LogP contribution is 2.23. The predicted octanol–water partition coefficient (Wildman–Crippen LogP) is 3.86. The molecule has 0 atom stereocenters. The fourth-order valence-electron chi connectivity index (χ4n) is 4.02. The first kappa shape index (κ1) is 27.0. The van der Waals surface area contributed by atoms with Gasteiger partial charge in [0.1, 0.15) is 28.9 Å². The molecular formula is C25H23F4N5O3S. The van der Waals surface area contributed by atoms with E-state index in [1.165, 1.54) is 27.8 Å². The van der Waals surface area contributed by atoms with Crippen LogP contribution in [0.4, 0.5) is 17.6 Å². The number of amides is 1. The molecule has 2 aromatic heterocycles. The summed E-state index contributed by atoms with van der Waals surface area (Å²) in [4.78, 5) is 18.9. The van der Waals surface area contributed by atoms with Crippen LogP contribution in [0.15, 0.2) is 48.8 Å². The third kappa shape index (κ3) is 5.62. The summed E-state index contributed by atoms with van der Waals surface area (Å²) >= 11 is 0. The molecule has 200 valence electrons. The lowest BCUT2D eigenvalue weighted by Gasteiger charge is -2.19. The van der Waals surface area contributed by atoms with Gasteiger partial charge < -0.3 is 4.90 Å². The van der Waals surface area contributed by atoms with Crippen molar-refractivity contribution >= 4 is 15.7 Å². The molecule has 0 aliphatic heterocycles. The summed E-state index contributed by atoms with van der Waals surface area (Å²) in [5, 5.41) is 4.25. The molecule has 2 heterocycles. The normalized spacial score (nSPS) is 11.7. The summed E-state index contributed by atoms with van der Waals surface area (Å²) in [6, 6.07) is 6.12. The summed E-state index contributed by atoms with van der Waals surface area (Å²) in [5.74, 6) is -7.39. The molecule has 0 radical (unpaired) electrons. The number of rotatable bonds is 8. The molecule has 4 rings (SSSR count). The molecule has 0 N–H and O–H groups in total. The first-order valence-electron chi connectivity index (χ1n) is 11.3. The second-order valence-corrected chi connectivity index (χ2v) is 10.9. The van der Waals surface area contributed by atoms with Gasteiger partial charge in [-0.15, -0.1) is 0 Å². The van der Waals surface area contributed by atoms with Crippen LogP contribution in [0, 0.1) is 30.2 Å². The highest BCUT2D eigenvalue weighted by molar-refractivity contribution is 7.89. The van der Waals surface area contributed by atoms with Gasteiger partial charge >= 0.3 is 0 Å². The average Bonchev–Trinajstić information content (AvgIpc) is 3.40. The Bertz CT molecular complexity index is 1610. The van der Waals surface area contributed by atoms with E-state index in [1.807, 2.05) is 0 Å². The Balaban J connectivity index is 1.70. The maximum absolute atomic E-state index is 14.1. The van der Waals surface area contributed by atoms with Gasteiger partial charge in [0.15, 0.2) is 21.5 Å². The molecule has 0 aliphatic carbocycles. The summed E-state index contributed by atoms with van der Waals surface area (Å²) in [6.07, 6.45) is 2.94. The number of halogens is 4. The molecule has 0 fully saturated rings. The zero-order valence-electron chi connectivity index (χ0n) is 20.6. The molecule has 8 nitrogen and oxygen atoms in total. The number of hydrogen-bond acceptors (Lipinski definition) is 5. The minimum atomic E-state index is -4.31. The van der Waals surface area contributed by atoms with Gasteiger partial charge in [-0.1, -0.05) is 0 Å². The van der Waals surface area contributed by atoms with Crippen molar-refractivity contribution in [3.63, 3.8) is 0 Å². The summed E-state index contributed by atoms with van der Waals surface area (Å²) in [6.45, 7) is 1.99. The maximum Gasteiger partial charge on any atom is 0.272 e. The molecule has 4 aromatic rings. The van der Waals surface area contributed by atoms with Crippen molar-refractivity contribution in [1.29, 1.82) is 0 Å². The lowest BCUT2D eigenvalue weighted by Crippen LogP contribution is -2.28. The van der Waals surface area contributed by atoms with E-state index >= 15 is 0 Å². The molecule has 0 saturated carbocycles. The molecule has 0 aliphatic rings. The Kier molecular flexibility index (Phi) is 7.40.